The van der Waals surface area contributed by atoms with Crippen LogP contribution in [0.4, 0.5) is 5.82 Å². The molecule has 0 aliphatic heterocycles. The van der Waals surface area contributed by atoms with Gasteiger partial charge in [-0.25, -0.2) is 9.97 Å². The molecule has 0 aliphatic rings. The zero-order valence-corrected chi connectivity index (χ0v) is 10.1. The second-order valence-electron chi connectivity index (χ2n) is 3.09. The number of rotatable bonds is 4. The summed E-state index contributed by atoms with van der Waals surface area (Å²) in [4.78, 5) is 10.2. The van der Waals surface area contributed by atoms with E-state index in [4.69, 9.17) is 11.6 Å². The number of halogens is 1. The number of nitrogens with zero attached hydrogens (tertiary/aromatic N) is 3. The fourth-order valence-corrected chi connectivity index (χ4v) is 2.06. The van der Waals surface area contributed by atoms with Crippen molar-refractivity contribution in [1.82, 2.24) is 9.97 Å². The van der Waals surface area contributed by atoms with Crippen LogP contribution in [0.2, 0.25) is 5.15 Å². The summed E-state index contributed by atoms with van der Waals surface area (Å²) < 4.78 is 0. The first-order valence-corrected chi connectivity index (χ1v) is 6.12. The average molecular weight is 232 g/mol. The van der Waals surface area contributed by atoms with Gasteiger partial charge in [0.15, 0.2) is 11.0 Å². The van der Waals surface area contributed by atoms with E-state index in [-0.39, 0.29) is 0 Å². The molecule has 0 fully saturated rings. The molecule has 0 saturated carbocycles. The molecule has 1 unspecified atom stereocenters. The first-order valence-electron chi connectivity index (χ1n) is 4.35. The Labute approximate surface area is 93.9 Å². The van der Waals surface area contributed by atoms with Gasteiger partial charge in [0.1, 0.15) is 0 Å². The average Bonchev–Trinajstić information content (AvgIpc) is 2.18. The third-order valence-electron chi connectivity index (χ3n) is 2.04. The van der Waals surface area contributed by atoms with E-state index in [0.717, 1.165) is 11.6 Å². The van der Waals surface area contributed by atoms with Gasteiger partial charge in [0.2, 0.25) is 0 Å². The maximum atomic E-state index is 5.94. The van der Waals surface area contributed by atoms with Crippen molar-refractivity contribution in [2.24, 2.45) is 0 Å². The van der Waals surface area contributed by atoms with Gasteiger partial charge in [-0.05, 0) is 13.2 Å². The second kappa shape index (κ2) is 5.41. The highest BCUT2D eigenvalue weighted by molar-refractivity contribution is 7.98. The Hall–Kier alpha value is -0.480. The molecule has 5 heteroatoms. The Morgan fingerprint density at radius 1 is 1.50 bits per heavy atom. The SMILES string of the molecule is CSCC(C)N(C)c1nccnc1Cl. The van der Waals surface area contributed by atoms with E-state index >= 15 is 0 Å². The zero-order chi connectivity index (χ0) is 10.6. The predicted octanol–water partition coefficient (Wildman–Crippen LogP) is 2.32. The van der Waals surface area contributed by atoms with Gasteiger partial charge in [0.05, 0.1) is 0 Å². The fraction of sp³-hybridized carbons (Fsp3) is 0.556. The minimum absolute atomic E-state index is 0.402. The predicted molar refractivity (Wildman–Crippen MR) is 63.3 cm³/mol. The lowest BCUT2D eigenvalue weighted by atomic mass is 10.3. The molecule has 1 aromatic rings. The van der Waals surface area contributed by atoms with Crippen LogP contribution in [-0.2, 0) is 0 Å². The number of anilines is 1. The number of aromatic nitrogens is 2. The molecule has 78 valence electrons. The summed E-state index contributed by atoms with van der Waals surface area (Å²) in [6, 6.07) is 0.402. The molecule has 0 saturated heterocycles. The van der Waals surface area contributed by atoms with E-state index in [1.54, 1.807) is 24.2 Å². The van der Waals surface area contributed by atoms with Crippen LogP contribution in [0.15, 0.2) is 12.4 Å². The van der Waals surface area contributed by atoms with Crippen molar-refractivity contribution in [3.63, 3.8) is 0 Å². The molecule has 14 heavy (non-hydrogen) atoms. The summed E-state index contributed by atoms with van der Waals surface area (Å²) in [7, 11) is 1.98. The highest BCUT2D eigenvalue weighted by Gasteiger charge is 2.13. The van der Waals surface area contributed by atoms with Crippen molar-refractivity contribution in [3.8, 4) is 0 Å². The normalized spacial score (nSPS) is 12.6. The van der Waals surface area contributed by atoms with Crippen molar-refractivity contribution < 1.29 is 0 Å². The Balaban J connectivity index is 2.78. The molecule has 1 atom stereocenters. The third-order valence-corrected chi connectivity index (χ3v) is 3.12. The molecular formula is C9H14ClN3S. The lowest BCUT2D eigenvalue weighted by molar-refractivity contribution is 0.751. The van der Waals surface area contributed by atoms with Crippen molar-refractivity contribution >= 4 is 29.2 Å². The van der Waals surface area contributed by atoms with Gasteiger partial charge in [-0.1, -0.05) is 11.6 Å². The smallest absolute Gasteiger partial charge is 0.171 e. The van der Waals surface area contributed by atoms with Crippen molar-refractivity contribution in [2.45, 2.75) is 13.0 Å². The minimum atomic E-state index is 0.402. The van der Waals surface area contributed by atoms with Gasteiger partial charge in [0, 0.05) is 31.2 Å². The van der Waals surface area contributed by atoms with Crippen LogP contribution in [0.5, 0.6) is 0 Å². The maximum absolute atomic E-state index is 5.94. The largest absolute Gasteiger partial charge is 0.354 e. The van der Waals surface area contributed by atoms with Crippen LogP contribution in [0.25, 0.3) is 0 Å². The maximum Gasteiger partial charge on any atom is 0.171 e. The number of thioether (sulfide) groups is 1. The minimum Gasteiger partial charge on any atom is -0.354 e. The topological polar surface area (TPSA) is 29.0 Å². The molecule has 1 rings (SSSR count). The summed E-state index contributed by atoms with van der Waals surface area (Å²) in [6.07, 6.45) is 5.34. The van der Waals surface area contributed by atoms with E-state index < -0.39 is 0 Å². The van der Waals surface area contributed by atoms with Crippen molar-refractivity contribution in [1.29, 1.82) is 0 Å². The van der Waals surface area contributed by atoms with Gasteiger partial charge in [-0.3, -0.25) is 0 Å². The van der Waals surface area contributed by atoms with Crippen LogP contribution in [0, 0.1) is 0 Å². The number of hydrogen-bond acceptors (Lipinski definition) is 4. The van der Waals surface area contributed by atoms with E-state index in [2.05, 4.69) is 23.1 Å². The lowest BCUT2D eigenvalue weighted by Crippen LogP contribution is -2.31. The van der Waals surface area contributed by atoms with Gasteiger partial charge in [-0.2, -0.15) is 11.8 Å². The molecular weight excluding hydrogens is 218 g/mol. The van der Waals surface area contributed by atoms with E-state index in [9.17, 15) is 0 Å². The summed E-state index contributed by atoms with van der Waals surface area (Å²) in [5.41, 5.74) is 0. The molecule has 0 aromatic carbocycles. The standard InChI is InChI=1S/C9H14ClN3S/c1-7(6-14-3)13(2)9-8(10)11-4-5-12-9/h4-5,7H,6H2,1-3H3. The number of hydrogen-bond donors (Lipinski definition) is 0. The first kappa shape index (κ1) is 11.6. The molecule has 3 nitrogen and oxygen atoms in total. The lowest BCUT2D eigenvalue weighted by Gasteiger charge is -2.25. The Morgan fingerprint density at radius 2 is 2.14 bits per heavy atom. The van der Waals surface area contributed by atoms with E-state index in [0.29, 0.717) is 11.2 Å². The van der Waals surface area contributed by atoms with Crippen LogP contribution < -0.4 is 4.90 Å². The second-order valence-corrected chi connectivity index (χ2v) is 4.35. The quantitative estimate of drug-likeness (QED) is 0.796. The Kier molecular flexibility index (Phi) is 4.48. The molecule has 0 spiro atoms. The van der Waals surface area contributed by atoms with Crippen LogP contribution in [-0.4, -0.2) is 35.1 Å². The molecule has 0 radical (unpaired) electrons. The summed E-state index contributed by atoms with van der Waals surface area (Å²) in [6.45, 7) is 2.14. The summed E-state index contributed by atoms with van der Waals surface area (Å²) in [5, 5.41) is 0.461. The van der Waals surface area contributed by atoms with Gasteiger partial charge in [-0.15, -0.1) is 0 Å². The van der Waals surface area contributed by atoms with Crippen molar-refractivity contribution in [3.05, 3.63) is 17.5 Å². The highest BCUT2D eigenvalue weighted by atomic mass is 35.5. The van der Waals surface area contributed by atoms with Crippen LogP contribution in [0.3, 0.4) is 0 Å². The van der Waals surface area contributed by atoms with E-state index in [1.807, 2.05) is 11.9 Å². The van der Waals surface area contributed by atoms with Gasteiger partial charge in [0.25, 0.3) is 0 Å². The zero-order valence-electron chi connectivity index (χ0n) is 8.57. The molecule has 0 aliphatic carbocycles. The van der Waals surface area contributed by atoms with Crippen molar-refractivity contribution in [2.75, 3.05) is 24.0 Å². The molecule has 0 N–H and O–H groups in total. The van der Waals surface area contributed by atoms with Crippen LogP contribution >= 0.6 is 23.4 Å². The highest BCUT2D eigenvalue weighted by Crippen LogP contribution is 2.21. The van der Waals surface area contributed by atoms with Gasteiger partial charge < -0.3 is 4.90 Å². The molecule has 1 heterocycles. The molecule has 0 amide bonds. The summed E-state index contributed by atoms with van der Waals surface area (Å²) >= 11 is 7.75. The fourth-order valence-electron chi connectivity index (χ4n) is 1.11. The van der Waals surface area contributed by atoms with Crippen LogP contribution in [0.1, 0.15) is 6.92 Å². The van der Waals surface area contributed by atoms with Gasteiger partial charge >= 0.3 is 0 Å². The molecule has 0 bridgehead atoms. The Bertz CT molecular complexity index is 295. The van der Waals surface area contributed by atoms with E-state index in [1.165, 1.54) is 0 Å². The first-order chi connectivity index (χ1) is 6.66. The summed E-state index contributed by atoms with van der Waals surface area (Å²) in [5.74, 6) is 1.79. The monoisotopic (exact) mass is 231 g/mol. The third kappa shape index (κ3) is 2.75. The Morgan fingerprint density at radius 3 is 2.71 bits per heavy atom. The molecule has 1 aromatic heterocycles.